The number of hydrogen-bond acceptors (Lipinski definition) is 2. The number of hydrogen-bond donors (Lipinski definition) is 1. The predicted molar refractivity (Wildman–Crippen MR) is 85.5 cm³/mol. The Labute approximate surface area is 121 Å². The fourth-order valence-corrected chi connectivity index (χ4v) is 3.17. The summed E-state index contributed by atoms with van der Waals surface area (Å²) in [7, 11) is 0. The van der Waals surface area contributed by atoms with Gasteiger partial charge in [0.25, 0.3) is 0 Å². The lowest BCUT2D eigenvalue weighted by Crippen LogP contribution is -2.54. The Hall–Kier alpha value is -0.0800. The molecule has 2 heteroatoms. The van der Waals surface area contributed by atoms with Gasteiger partial charge in [-0.25, -0.2) is 0 Å². The molecule has 0 radical (unpaired) electrons. The summed E-state index contributed by atoms with van der Waals surface area (Å²) in [6.07, 6.45) is 6.76. The highest BCUT2D eigenvalue weighted by atomic mass is 16.3. The minimum absolute atomic E-state index is 0.0663. The SMILES string of the molecule is CCCCC(CC)CC(O)C(C)(CC)N(CC)CC. The zero-order valence-electron chi connectivity index (χ0n) is 14.2. The van der Waals surface area contributed by atoms with Gasteiger partial charge in [0.15, 0.2) is 0 Å². The van der Waals surface area contributed by atoms with Crippen LogP contribution in [0, 0.1) is 5.92 Å². The molecule has 0 aliphatic heterocycles. The number of aliphatic hydroxyl groups is 1. The lowest BCUT2D eigenvalue weighted by molar-refractivity contribution is -0.0324. The van der Waals surface area contributed by atoms with Gasteiger partial charge in [-0.1, -0.05) is 60.3 Å². The standard InChI is InChI=1S/C17H37NO/c1-7-12-13-15(8-2)14-16(19)17(6,9-3)18(10-4)11-5/h15-16,19H,7-14H2,1-6H3. The van der Waals surface area contributed by atoms with E-state index in [1.807, 2.05) is 0 Å². The van der Waals surface area contributed by atoms with Crippen LogP contribution < -0.4 is 0 Å². The molecule has 0 bridgehead atoms. The number of nitrogens with zero attached hydrogens (tertiary/aromatic N) is 1. The average molecular weight is 271 g/mol. The predicted octanol–water partition coefficient (Wildman–Crippen LogP) is 4.46. The Morgan fingerprint density at radius 3 is 2.00 bits per heavy atom. The van der Waals surface area contributed by atoms with Crippen molar-refractivity contribution in [3.8, 4) is 0 Å². The second kappa shape index (κ2) is 9.77. The largest absolute Gasteiger partial charge is 0.391 e. The quantitative estimate of drug-likeness (QED) is 0.599. The summed E-state index contributed by atoms with van der Waals surface area (Å²) in [5.41, 5.74) is -0.0663. The highest BCUT2D eigenvalue weighted by Crippen LogP contribution is 2.30. The van der Waals surface area contributed by atoms with E-state index in [1.165, 1.54) is 25.7 Å². The van der Waals surface area contributed by atoms with Crippen LogP contribution in [-0.2, 0) is 0 Å². The van der Waals surface area contributed by atoms with Crippen LogP contribution in [0.1, 0.15) is 80.1 Å². The summed E-state index contributed by atoms with van der Waals surface area (Å²) in [5, 5.41) is 10.8. The molecule has 0 saturated carbocycles. The van der Waals surface area contributed by atoms with Gasteiger partial charge in [-0.05, 0) is 38.8 Å². The molecule has 0 heterocycles. The van der Waals surface area contributed by atoms with Gasteiger partial charge < -0.3 is 5.11 Å². The maximum atomic E-state index is 10.8. The third kappa shape index (κ3) is 5.43. The van der Waals surface area contributed by atoms with Crippen molar-refractivity contribution in [2.24, 2.45) is 5.92 Å². The third-order valence-corrected chi connectivity index (χ3v) is 5.02. The topological polar surface area (TPSA) is 23.5 Å². The van der Waals surface area contributed by atoms with E-state index in [4.69, 9.17) is 0 Å². The third-order valence-electron chi connectivity index (χ3n) is 5.02. The number of aliphatic hydroxyl groups excluding tert-OH is 1. The Kier molecular flexibility index (Phi) is 9.72. The Morgan fingerprint density at radius 2 is 1.63 bits per heavy atom. The van der Waals surface area contributed by atoms with E-state index in [2.05, 4.69) is 46.4 Å². The van der Waals surface area contributed by atoms with Gasteiger partial charge in [-0.2, -0.15) is 0 Å². The van der Waals surface area contributed by atoms with Gasteiger partial charge in [-0.3, -0.25) is 4.90 Å². The summed E-state index contributed by atoms with van der Waals surface area (Å²) in [4.78, 5) is 2.42. The number of likely N-dealkylation sites (N-methyl/N-ethyl adjacent to an activating group) is 1. The maximum absolute atomic E-state index is 10.8. The molecule has 0 fully saturated rings. The molecule has 2 nitrogen and oxygen atoms in total. The lowest BCUT2D eigenvalue weighted by Gasteiger charge is -2.44. The van der Waals surface area contributed by atoms with Crippen molar-refractivity contribution in [3.05, 3.63) is 0 Å². The second-order valence-electron chi connectivity index (χ2n) is 6.05. The molecule has 0 aromatic rings. The first-order valence-electron chi connectivity index (χ1n) is 8.43. The van der Waals surface area contributed by atoms with E-state index < -0.39 is 0 Å². The van der Waals surface area contributed by atoms with Crippen LogP contribution >= 0.6 is 0 Å². The molecule has 0 aromatic carbocycles. The van der Waals surface area contributed by atoms with Gasteiger partial charge in [0.2, 0.25) is 0 Å². The molecule has 0 spiro atoms. The molecular weight excluding hydrogens is 234 g/mol. The van der Waals surface area contributed by atoms with Gasteiger partial charge in [0, 0.05) is 5.54 Å². The smallest absolute Gasteiger partial charge is 0.0723 e. The fourth-order valence-electron chi connectivity index (χ4n) is 3.17. The summed E-state index contributed by atoms with van der Waals surface area (Å²) in [6.45, 7) is 15.4. The van der Waals surface area contributed by atoms with Crippen LogP contribution in [-0.4, -0.2) is 34.7 Å². The first kappa shape index (κ1) is 18.9. The molecule has 0 aliphatic rings. The molecule has 0 rings (SSSR count). The first-order valence-corrected chi connectivity index (χ1v) is 8.43. The van der Waals surface area contributed by atoms with Gasteiger partial charge in [0.1, 0.15) is 0 Å². The van der Waals surface area contributed by atoms with Crippen molar-refractivity contribution < 1.29 is 5.11 Å². The summed E-state index contributed by atoms with van der Waals surface area (Å²) >= 11 is 0. The lowest BCUT2D eigenvalue weighted by atomic mass is 9.82. The summed E-state index contributed by atoms with van der Waals surface area (Å²) < 4.78 is 0. The minimum Gasteiger partial charge on any atom is -0.391 e. The van der Waals surface area contributed by atoms with Crippen molar-refractivity contribution in [1.82, 2.24) is 4.90 Å². The van der Waals surface area contributed by atoms with Gasteiger partial charge in [-0.15, -0.1) is 0 Å². The highest BCUT2D eigenvalue weighted by molar-refractivity contribution is 4.92. The molecule has 19 heavy (non-hydrogen) atoms. The molecule has 1 N–H and O–H groups in total. The molecule has 0 saturated heterocycles. The van der Waals surface area contributed by atoms with Crippen LogP contribution in [0.5, 0.6) is 0 Å². The van der Waals surface area contributed by atoms with Crippen molar-refractivity contribution >= 4 is 0 Å². The maximum Gasteiger partial charge on any atom is 0.0723 e. The van der Waals surface area contributed by atoms with Crippen LogP contribution in [0.25, 0.3) is 0 Å². The van der Waals surface area contributed by atoms with E-state index in [-0.39, 0.29) is 11.6 Å². The van der Waals surface area contributed by atoms with Gasteiger partial charge >= 0.3 is 0 Å². The summed E-state index contributed by atoms with van der Waals surface area (Å²) in [5.74, 6) is 0.677. The van der Waals surface area contributed by atoms with Crippen LogP contribution in [0.2, 0.25) is 0 Å². The molecule has 116 valence electrons. The van der Waals surface area contributed by atoms with Crippen molar-refractivity contribution in [1.29, 1.82) is 0 Å². The number of rotatable bonds is 11. The summed E-state index contributed by atoms with van der Waals surface area (Å²) in [6, 6.07) is 0. The average Bonchev–Trinajstić information content (AvgIpc) is 2.43. The second-order valence-corrected chi connectivity index (χ2v) is 6.05. The van der Waals surface area contributed by atoms with Crippen molar-refractivity contribution in [2.75, 3.05) is 13.1 Å². The minimum atomic E-state index is -0.209. The molecule has 0 aliphatic carbocycles. The van der Waals surface area contributed by atoms with Crippen LogP contribution in [0.4, 0.5) is 0 Å². The van der Waals surface area contributed by atoms with Crippen LogP contribution in [0.3, 0.4) is 0 Å². The highest BCUT2D eigenvalue weighted by Gasteiger charge is 2.36. The van der Waals surface area contributed by atoms with E-state index in [0.717, 1.165) is 25.9 Å². The monoisotopic (exact) mass is 271 g/mol. The van der Waals surface area contributed by atoms with Crippen LogP contribution in [0.15, 0.2) is 0 Å². The van der Waals surface area contributed by atoms with Crippen molar-refractivity contribution in [3.63, 3.8) is 0 Å². The Balaban J connectivity index is 4.67. The van der Waals surface area contributed by atoms with E-state index in [0.29, 0.717) is 5.92 Å². The molecule has 3 unspecified atom stereocenters. The normalized spacial score (nSPS) is 18.3. The molecule has 0 amide bonds. The molecule has 3 atom stereocenters. The zero-order chi connectivity index (χ0) is 14.9. The van der Waals surface area contributed by atoms with E-state index >= 15 is 0 Å². The van der Waals surface area contributed by atoms with E-state index in [1.54, 1.807) is 0 Å². The molecule has 0 aromatic heterocycles. The van der Waals surface area contributed by atoms with E-state index in [9.17, 15) is 5.11 Å². The molecular formula is C17H37NO. The zero-order valence-corrected chi connectivity index (χ0v) is 14.2. The number of unbranched alkanes of at least 4 members (excludes halogenated alkanes) is 1. The Bertz CT molecular complexity index is 215. The first-order chi connectivity index (χ1) is 8.99. The van der Waals surface area contributed by atoms with Gasteiger partial charge in [0.05, 0.1) is 6.10 Å². The Morgan fingerprint density at radius 1 is 1.05 bits per heavy atom. The van der Waals surface area contributed by atoms with Crippen molar-refractivity contribution in [2.45, 2.75) is 91.7 Å². The fraction of sp³-hybridized carbons (Fsp3) is 1.00.